The normalized spacial score (nSPS) is 20.7. The second kappa shape index (κ2) is 7.38. The number of ether oxygens (including phenoxy) is 2. The summed E-state index contributed by atoms with van der Waals surface area (Å²) in [5.41, 5.74) is 2.27. The van der Waals surface area contributed by atoms with Crippen LogP contribution in [0.1, 0.15) is 39.2 Å². The minimum atomic E-state index is -0.683. The Balaban J connectivity index is 2.60. The summed E-state index contributed by atoms with van der Waals surface area (Å²) in [4.78, 5) is 33.5. The molecule has 0 amide bonds. The molecule has 6 heteroatoms. The molecule has 2 atom stereocenters. The molecule has 0 radical (unpaired) electrons. The topological polar surface area (TPSA) is 77.8 Å². The van der Waals surface area contributed by atoms with Gasteiger partial charge in [0.05, 0.1) is 18.8 Å². The average Bonchev–Trinajstić information content (AvgIpc) is 2.53. The Kier molecular flexibility index (Phi) is 5.49. The van der Waals surface area contributed by atoms with Crippen molar-refractivity contribution in [2.75, 3.05) is 7.11 Å². The maximum absolute atomic E-state index is 12.6. The summed E-state index contributed by atoms with van der Waals surface area (Å²) >= 11 is 0. The van der Waals surface area contributed by atoms with E-state index in [4.69, 9.17) is 9.47 Å². The lowest BCUT2D eigenvalue weighted by atomic mass is 9.76. The summed E-state index contributed by atoms with van der Waals surface area (Å²) in [5.74, 6) is -2.12. The fourth-order valence-corrected chi connectivity index (χ4v) is 2.93. The van der Waals surface area contributed by atoms with Gasteiger partial charge in [0, 0.05) is 29.7 Å². The number of nitrogens with zero attached hydrogens (tertiary/aromatic N) is 2. The van der Waals surface area contributed by atoms with Crippen LogP contribution in [-0.4, -0.2) is 35.8 Å². The Hall–Kier alpha value is -2.50. The van der Waals surface area contributed by atoms with Gasteiger partial charge in [0.1, 0.15) is 5.92 Å². The van der Waals surface area contributed by atoms with Crippen LogP contribution >= 0.6 is 0 Å². The van der Waals surface area contributed by atoms with Crippen molar-refractivity contribution in [1.29, 1.82) is 0 Å². The predicted molar refractivity (Wildman–Crippen MR) is 89.5 cm³/mol. The molecule has 0 N–H and O–H groups in total. The van der Waals surface area contributed by atoms with E-state index in [0.29, 0.717) is 17.0 Å². The van der Waals surface area contributed by atoms with Crippen molar-refractivity contribution >= 4 is 17.7 Å². The van der Waals surface area contributed by atoms with Gasteiger partial charge in [0.25, 0.3) is 0 Å². The number of pyridine rings is 1. The number of allylic oxidation sites excluding steroid dienone is 1. The first-order valence-electron chi connectivity index (χ1n) is 7.81. The molecule has 0 saturated heterocycles. The van der Waals surface area contributed by atoms with E-state index in [1.807, 2.05) is 6.07 Å². The monoisotopic (exact) mass is 330 g/mol. The summed E-state index contributed by atoms with van der Waals surface area (Å²) < 4.78 is 10.3. The van der Waals surface area contributed by atoms with Gasteiger partial charge in [-0.05, 0) is 39.3 Å². The van der Waals surface area contributed by atoms with Crippen molar-refractivity contribution in [3.63, 3.8) is 0 Å². The number of hydrogen-bond acceptors (Lipinski definition) is 6. The van der Waals surface area contributed by atoms with Gasteiger partial charge in [-0.3, -0.25) is 14.8 Å². The predicted octanol–water partition coefficient (Wildman–Crippen LogP) is 2.65. The number of carbonyl (C=O) groups is 2. The molecule has 1 unspecified atom stereocenters. The van der Waals surface area contributed by atoms with Crippen molar-refractivity contribution in [2.24, 2.45) is 10.9 Å². The Morgan fingerprint density at radius 3 is 2.50 bits per heavy atom. The Morgan fingerprint density at radius 1 is 1.25 bits per heavy atom. The summed E-state index contributed by atoms with van der Waals surface area (Å²) in [6, 6.07) is 3.60. The molecule has 2 rings (SSSR count). The third-order valence-corrected chi connectivity index (χ3v) is 3.89. The number of rotatable bonds is 4. The molecule has 0 saturated carbocycles. The number of methoxy groups -OCH3 is 1. The molecule has 0 bridgehead atoms. The molecular formula is C18H22N2O4. The lowest BCUT2D eigenvalue weighted by Gasteiger charge is -2.31. The van der Waals surface area contributed by atoms with Gasteiger partial charge in [0.15, 0.2) is 0 Å². The zero-order chi connectivity index (χ0) is 17.9. The van der Waals surface area contributed by atoms with Crippen LogP contribution in [0.2, 0.25) is 0 Å². The van der Waals surface area contributed by atoms with Crippen molar-refractivity contribution in [1.82, 2.24) is 4.98 Å². The van der Waals surface area contributed by atoms with Crippen LogP contribution in [0.5, 0.6) is 0 Å². The Morgan fingerprint density at radius 2 is 1.96 bits per heavy atom. The van der Waals surface area contributed by atoms with Gasteiger partial charge in [-0.15, -0.1) is 0 Å². The quantitative estimate of drug-likeness (QED) is 0.793. The summed E-state index contributed by atoms with van der Waals surface area (Å²) in [7, 11) is 1.33. The Bertz CT molecular complexity index is 692. The molecule has 0 spiro atoms. The highest BCUT2D eigenvalue weighted by Gasteiger charge is 2.42. The largest absolute Gasteiger partial charge is 0.468 e. The fourth-order valence-electron chi connectivity index (χ4n) is 2.93. The standard InChI is InChI=1S/C18H22N2O4/c1-10(2)24-18(22)15-12(4)20-11(3)14(17(21)23-5)16(15)13-7-6-8-19-9-13/h6-10,14,16H,1-5H3/t14?,16-/m0/s1. The maximum Gasteiger partial charge on any atom is 0.336 e. The van der Waals surface area contributed by atoms with Crippen LogP contribution in [0.3, 0.4) is 0 Å². The molecule has 0 aromatic carbocycles. The van der Waals surface area contributed by atoms with E-state index in [-0.39, 0.29) is 6.10 Å². The molecule has 1 aromatic heterocycles. The van der Waals surface area contributed by atoms with Gasteiger partial charge in [-0.1, -0.05) is 6.07 Å². The molecule has 1 aromatic rings. The SMILES string of the molecule is COC(=O)C1C(C)=NC(C)=C(C(=O)OC(C)C)[C@H]1c1cccnc1. The molecule has 128 valence electrons. The van der Waals surface area contributed by atoms with Gasteiger partial charge in [0.2, 0.25) is 0 Å². The van der Waals surface area contributed by atoms with Crippen molar-refractivity contribution < 1.29 is 19.1 Å². The third-order valence-electron chi connectivity index (χ3n) is 3.89. The molecular weight excluding hydrogens is 308 g/mol. The first-order chi connectivity index (χ1) is 11.4. The lowest BCUT2D eigenvalue weighted by molar-refractivity contribution is -0.145. The third kappa shape index (κ3) is 3.53. The van der Waals surface area contributed by atoms with Crippen molar-refractivity contribution in [3.05, 3.63) is 41.4 Å². The summed E-state index contributed by atoms with van der Waals surface area (Å²) in [6.07, 6.45) is 3.02. The van der Waals surface area contributed by atoms with Crippen LogP contribution in [-0.2, 0) is 19.1 Å². The van der Waals surface area contributed by atoms with Crippen molar-refractivity contribution in [3.8, 4) is 0 Å². The molecule has 2 heterocycles. The van der Waals surface area contributed by atoms with Crippen LogP contribution in [0, 0.1) is 5.92 Å². The van der Waals surface area contributed by atoms with E-state index in [2.05, 4.69) is 9.98 Å². The van der Waals surface area contributed by atoms with Gasteiger partial charge < -0.3 is 9.47 Å². The van der Waals surface area contributed by atoms with Crippen LogP contribution in [0.15, 0.2) is 40.8 Å². The average molecular weight is 330 g/mol. The lowest BCUT2D eigenvalue weighted by Crippen LogP contribution is -2.36. The number of aliphatic imine (C=N–C) groups is 1. The minimum Gasteiger partial charge on any atom is -0.468 e. The highest BCUT2D eigenvalue weighted by molar-refractivity contribution is 6.06. The second-order valence-corrected chi connectivity index (χ2v) is 5.97. The number of hydrogen-bond donors (Lipinski definition) is 0. The van der Waals surface area contributed by atoms with Gasteiger partial charge >= 0.3 is 11.9 Å². The van der Waals surface area contributed by atoms with E-state index in [9.17, 15) is 9.59 Å². The van der Waals surface area contributed by atoms with Crippen molar-refractivity contribution in [2.45, 2.75) is 39.7 Å². The van der Waals surface area contributed by atoms with E-state index in [0.717, 1.165) is 5.56 Å². The number of aromatic nitrogens is 1. The van der Waals surface area contributed by atoms with Gasteiger partial charge in [-0.25, -0.2) is 4.79 Å². The van der Waals surface area contributed by atoms with Crippen LogP contribution in [0.4, 0.5) is 0 Å². The number of carbonyl (C=O) groups excluding carboxylic acids is 2. The molecule has 1 aliphatic heterocycles. The van der Waals surface area contributed by atoms with E-state index in [1.54, 1.807) is 46.2 Å². The maximum atomic E-state index is 12.6. The zero-order valence-corrected chi connectivity index (χ0v) is 14.6. The molecule has 1 aliphatic rings. The van der Waals surface area contributed by atoms with E-state index < -0.39 is 23.8 Å². The second-order valence-electron chi connectivity index (χ2n) is 5.97. The molecule has 0 fully saturated rings. The number of esters is 2. The van der Waals surface area contributed by atoms with E-state index >= 15 is 0 Å². The smallest absolute Gasteiger partial charge is 0.336 e. The zero-order valence-electron chi connectivity index (χ0n) is 14.6. The minimum absolute atomic E-state index is 0.268. The Labute approximate surface area is 141 Å². The first kappa shape index (κ1) is 17.8. The highest BCUT2D eigenvalue weighted by atomic mass is 16.5. The van der Waals surface area contributed by atoms with Gasteiger partial charge in [-0.2, -0.15) is 0 Å². The fraction of sp³-hybridized carbons (Fsp3) is 0.444. The van der Waals surface area contributed by atoms with E-state index in [1.165, 1.54) is 7.11 Å². The summed E-state index contributed by atoms with van der Waals surface area (Å²) in [5, 5.41) is 0. The highest BCUT2D eigenvalue weighted by Crippen LogP contribution is 2.39. The molecule has 24 heavy (non-hydrogen) atoms. The molecule has 6 nitrogen and oxygen atoms in total. The first-order valence-corrected chi connectivity index (χ1v) is 7.81. The summed E-state index contributed by atoms with van der Waals surface area (Å²) in [6.45, 7) is 7.07. The van der Waals surface area contributed by atoms with Crippen LogP contribution < -0.4 is 0 Å². The molecule has 0 aliphatic carbocycles. The van der Waals surface area contributed by atoms with Crippen LogP contribution in [0.25, 0.3) is 0 Å².